The van der Waals surface area contributed by atoms with E-state index in [0.717, 1.165) is 5.57 Å². The van der Waals surface area contributed by atoms with Gasteiger partial charge in [-0.05, 0) is 16.9 Å². The van der Waals surface area contributed by atoms with Crippen LogP contribution in [-0.2, 0) is 4.79 Å². The summed E-state index contributed by atoms with van der Waals surface area (Å²) in [4.78, 5) is 11.8. The molecule has 1 atom stereocenters. The average molecular weight is 206 g/mol. The lowest BCUT2D eigenvalue weighted by atomic mass is 9.72. The predicted molar refractivity (Wildman–Crippen MR) is 64.6 cm³/mol. The zero-order valence-corrected chi connectivity index (χ0v) is 10.7. The summed E-state index contributed by atoms with van der Waals surface area (Å²) >= 11 is 0. The number of hydrogen-bond acceptors (Lipinski definition) is 1. The van der Waals surface area contributed by atoms with Gasteiger partial charge in [-0.3, -0.25) is 4.79 Å². The van der Waals surface area contributed by atoms with Gasteiger partial charge in [0.05, 0.1) is 0 Å². The largest absolute Gasteiger partial charge is 0.290 e. The third-order valence-corrected chi connectivity index (χ3v) is 2.87. The Hall–Kier alpha value is -0.850. The Labute approximate surface area is 93.3 Å². The minimum absolute atomic E-state index is 0.0503. The van der Waals surface area contributed by atoms with Crippen molar-refractivity contribution >= 4 is 5.78 Å². The fourth-order valence-electron chi connectivity index (χ4n) is 1.76. The van der Waals surface area contributed by atoms with Crippen LogP contribution in [0.4, 0.5) is 0 Å². The van der Waals surface area contributed by atoms with E-state index in [1.165, 1.54) is 0 Å². The standard InChI is InChI=1S/C14H22O/c1-13(2,3)10-7-8-12(15)11(9-10)14(4,5)6/h7-10H,1-6H3. The van der Waals surface area contributed by atoms with E-state index in [9.17, 15) is 4.79 Å². The number of hydrogen-bond donors (Lipinski definition) is 0. The van der Waals surface area contributed by atoms with Crippen molar-refractivity contribution in [1.82, 2.24) is 0 Å². The molecule has 1 rings (SSSR count). The average Bonchev–Trinajstić information content (AvgIpc) is 2.00. The topological polar surface area (TPSA) is 17.1 Å². The molecule has 1 unspecified atom stereocenters. The SMILES string of the molecule is CC(C)(C)C1=CC(C(C)(C)C)C=CC1=O. The Morgan fingerprint density at radius 1 is 1.07 bits per heavy atom. The van der Waals surface area contributed by atoms with Crippen LogP contribution in [-0.4, -0.2) is 5.78 Å². The number of ketones is 1. The fraction of sp³-hybridized carbons (Fsp3) is 0.643. The molecule has 0 amide bonds. The summed E-state index contributed by atoms with van der Waals surface area (Å²) in [5.74, 6) is 0.535. The van der Waals surface area contributed by atoms with Crippen LogP contribution >= 0.6 is 0 Å². The monoisotopic (exact) mass is 206 g/mol. The lowest BCUT2D eigenvalue weighted by Gasteiger charge is -2.31. The Balaban J connectivity index is 3.07. The van der Waals surface area contributed by atoms with E-state index in [1.807, 2.05) is 6.08 Å². The van der Waals surface area contributed by atoms with Crippen LogP contribution in [0.2, 0.25) is 0 Å². The van der Waals surface area contributed by atoms with Gasteiger partial charge in [-0.25, -0.2) is 0 Å². The summed E-state index contributed by atoms with van der Waals surface area (Å²) in [6.07, 6.45) is 5.90. The van der Waals surface area contributed by atoms with Gasteiger partial charge in [0, 0.05) is 11.5 Å². The van der Waals surface area contributed by atoms with Gasteiger partial charge < -0.3 is 0 Å². The molecule has 1 aliphatic carbocycles. The molecule has 15 heavy (non-hydrogen) atoms. The highest BCUT2D eigenvalue weighted by atomic mass is 16.1. The van der Waals surface area contributed by atoms with Gasteiger partial charge in [0.2, 0.25) is 0 Å². The van der Waals surface area contributed by atoms with Crippen LogP contribution in [0.25, 0.3) is 0 Å². The fourth-order valence-corrected chi connectivity index (χ4v) is 1.76. The number of carbonyl (C=O) groups excluding carboxylic acids is 1. The van der Waals surface area contributed by atoms with Gasteiger partial charge in [0.25, 0.3) is 0 Å². The van der Waals surface area contributed by atoms with Crippen molar-refractivity contribution in [2.75, 3.05) is 0 Å². The minimum atomic E-state index is -0.0503. The third-order valence-electron chi connectivity index (χ3n) is 2.87. The van der Waals surface area contributed by atoms with Crippen molar-refractivity contribution in [2.24, 2.45) is 16.7 Å². The van der Waals surface area contributed by atoms with Crippen LogP contribution in [0.3, 0.4) is 0 Å². The smallest absolute Gasteiger partial charge is 0.181 e. The third kappa shape index (κ3) is 2.80. The van der Waals surface area contributed by atoms with Crippen LogP contribution in [0.1, 0.15) is 41.5 Å². The lowest BCUT2D eigenvalue weighted by molar-refractivity contribution is -0.112. The van der Waals surface area contributed by atoms with E-state index in [4.69, 9.17) is 0 Å². The van der Waals surface area contributed by atoms with E-state index in [0.29, 0.717) is 5.92 Å². The summed E-state index contributed by atoms with van der Waals surface area (Å²) in [5, 5.41) is 0. The summed E-state index contributed by atoms with van der Waals surface area (Å²) in [7, 11) is 0. The van der Waals surface area contributed by atoms with Gasteiger partial charge in [0.1, 0.15) is 0 Å². The van der Waals surface area contributed by atoms with Gasteiger partial charge in [-0.15, -0.1) is 0 Å². The molecule has 1 heteroatoms. The molecule has 0 aromatic heterocycles. The molecular formula is C14H22O. The second kappa shape index (κ2) is 3.62. The zero-order chi connectivity index (χ0) is 11.9. The number of rotatable bonds is 0. The molecule has 0 spiro atoms. The summed E-state index contributed by atoms with van der Waals surface area (Å²) in [5.41, 5.74) is 1.09. The molecular weight excluding hydrogens is 184 g/mol. The number of carbonyl (C=O) groups is 1. The zero-order valence-electron chi connectivity index (χ0n) is 10.7. The molecule has 0 aliphatic heterocycles. The lowest BCUT2D eigenvalue weighted by Crippen LogP contribution is -2.25. The maximum atomic E-state index is 11.8. The quantitative estimate of drug-likeness (QED) is 0.590. The molecule has 0 bridgehead atoms. The van der Waals surface area contributed by atoms with Crippen molar-refractivity contribution in [3.63, 3.8) is 0 Å². The van der Waals surface area contributed by atoms with E-state index in [1.54, 1.807) is 6.08 Å². The predicted octanol–water partition coefficient (Wildman–Crippen LogP) is 3.76. The van der Waals surface area contributed by atoms with Crippen LogP contribution < -0.4 is 0 Å². The Kier molecular flexibility index (Phi) is 2.95. The van der Waals surface area contributed by atoms with E-state index in [-0.39, 0.29) is 16.6 Å². The van der Waals surface area contributed by atoms with Crippen molar-refractivity contribution in [1.29, 1.82) is 0 Å². The Bertz CT molecular complexity index is 318. The number of allylic oxidation sites excluding steroid dienone is 4. The molecule has 0 radical (unpaired) electrons. The minimum Gasteiger partial charge on any atom is -0.290 e. The molecule has 0 fully saturated rings. The first-order chi connectivity index (χ1) is 6.62. The van der Waals surface area contributed by atoms with Gasteiger partial charge in [-0.2, -0.15) is 0 Å². The Morgan fingerprint density at radius 2 is 1.60 bits per heavy atom. The maximum Gasteiger partial charge on any atom is 0.181 e. The van der Waals surface area contributed by atoms with Crippen LogP contribution in [0.15, 0.2) is 23.8 Å². The first-order valence-corrected chi connectivity index (χ1v) is 5.57. The van der Waals surface area contributed by atoms with Crippen LogP contribution in [0, 0.1) is 16.7 Å². The first-order valence-electron chi connectivity index (χ1n) is 5.57. The highest BCUT2D eigenvalue weighted by Gasteiger charge is 2.30. The highest BCUT2D eigenvalue weighted by Crippen LogP contribution is 2.36. The van der Waals surface area contributed by atoms with Gasteiger partial charge >= 0.3 is 0 Å². The molecule has 0 saturated heterocycles. The second-order valence-corrected chi connectivity index (χ2v) is 6.45. The van der Waals surface area contributed by atoms with Crippen molar-refractivity contribution in [2.45, 2.75) is 41.5 Å². The molecule has 0 aromatic carbocycles. The molecule has 84 valence electrons. The molecule has 1 aliphatic rings. The van der Waals surface area contributed by atoms with Crippen molar-refractivity contribution in [3.8, 4) is 0 Å². The van der Waals surface area contributed by atoms with E-state index < -0.39 is 0 Å². The van der Waals surface area contributed by atoms with Crippen LogP contribution in [0.5, 0.6) is 0 Å². The molecule has 0 heterocycles. The second-order valence-electron chi connectivity index (χ2n) is 6.45. The van der Waals surface area contributed by atoms with Crippen molar-refractivity contribution < 1.29 is 4.79 Å². The molecule has 1 nitrogen and oxygen atoms in total. The van der Waals surface area contributed by atoms with E-state index >= 15 is 0 Å². The summed E-state index contributed by atoms with van der Waals surface area (Å²) < 4.78 is 0. The molecule has 0 N–H and O–H groups in total. The normalized spacial score (nSPS) is 22.9. The Morgan fingerprint density at radius 3 is 2.00 bits per heavy atom. The van der Waals surface area contributed by atoms with Crippen molar-refractivity contribution in [3.05, 3.63) is 23.8 Å². The summed E-state index contributed by atoms with van der Waals surface area (Å²) in [6.45, 7) is 12.9. The van der Waals surface area contributed by atoms with E-state index in [2.05, 4.69) is 47.6 Å². The maximum absolute atomic E-state index is 11.8. The highest BCUT2D eigenvalue weighted by molar-refractivity contribution is 6.05. The van der Waals surface area contributed by atoms with Gasteiger partial charge in [-0.1, -0.05) is 53.7 Å². The molecule has 0 aromatic rings. The molecule has 0 saturated carbocycles. The van der Waals surface area contributed by atoms with Gasteiger partial charge in [0.15, 0.2) is 5.78 Å². The first kappa shape index (κ1) is 12.2. The summed E-state index contributed by atoms with van der Waals surface area (Å²) in [6, 6.07) is 0.